The minimum Gasteiger partial charge on any atom is -0.340 e. The Morgan fingerprint density at radius 2 is 2.04 bits per heavy atom. The number of fused-ring (bicyclic) bond motifs is 1. The average Bonchev–Trinajstić information content (AvgIpc) is 3.00. The van der Waals surface area contributed by atoms with Crippen LogP contribution in [0.15, 0.2) is 40.2 Å². The molecule has 0 aliphatic carbocycles. The van der Waals surface area contributed by atoms with Crippen LogP contribution in [0.3, 0.4) is 0 Å². The summed E-state index contributed by atoms with van der Waals surface area (Å²) in [6.07, 6.45) is 1.05. The molecule has 1 saturated heterocycles. The van der Waals surface area contributed by atoms with Crippen molar-refractivity contribution in [3.63, 3.8) is 0 Å². The van der Waals surface area contributed by atoms with Crippen molar-refractivity contribution >= 4 is 29.3 Å². The molecule has 0 radical (unpaired) electrons. The SMILES string of the molecule is O=C1CN(N2C(=O)C(c3nncc(=O)[nH]3)Sc3ccccc32)CN1. The number of nitrogens with one attached hydrogen (secondary N) is 2. The predicted molar refractivity (Wildman–Crippen MR) is 84.9 cm³/mol. The maximum atomic E-state index is 13.0. The van der Waals surface area contributed by atoms with E-state index in [4.69, 9.17) is 0 Å². The van der Waals surface area contributed by atoms with Crippen LogP contribution >= 0.6 is 11.8 Å². The van der Waals surface area contributed by atoms with Crippen LogP contribution in [0.25, 0.3) is 0 Å². The van der Waals surface area contributed by atoms with Crippen molar-refractivity contribution < 1.29 is 9.59 Å². The summed E-state index contributed by atoms with van der Waals surface area (Å²) in [7, 11) is 0. The van der Waals surface area contributed by atoms with Gasteiger partial charge in [0.05, 0.1) is 18.9 Å². The van der Waals surface area contributed by atoms with Gasteiger partial charge >= 0.3 is 0 Å². The fourth-order valence-corrected chi connectivity index (χ4v) is 3.75. The second-order valence-electron chi connectivity index (χ2n) is 5.26. The lowest BCUT2D eigenvalue weighted by Gasteiger charge is -2.37. The maximum Gasteiger partial charge on any atom is 0.269 e. The molecule has 1 unspecified atom stereocenters. The fourth-order valence-electron chi connectivity index (χ4n) is 2.65. The number of aromatic amines is 1. The first-order valence-electron chi connectivity index (χ1n) is 7.16. The van der Waals surface area contributed by atoms with Crippen molar-refractivity contribution in [3.05, 3.63) is 46.6 Å². The molecule has 2 N–H and O–H groups in total. The van der Waals surface area contributed by atoms with Crippen LogP contribution in [0.5, 0.6) is 0 Å². The van der Waals surface area contributed by atoms with Gasteiger partial charge in [0.15, 0.2) is 5.82 Å². The number of anilines is 1. The zero-order chi connectivity index (χ0) is 16.7. The number of hydrazine groups is 1. The van der Waals surface area contributed by atoms with E-state index >= 15 is 0 Å². The first-order chi connectivity index (χ1) is 11.6. The van der Waals surface area contributed by atoms with E-state index < -0.39 is 10.8 Å². The molecule has 1 fully saturated rings. The van der Waals surface area contributed by atoms with Crippen LogP contribution in [0.4, 0.5) is 5.69 Å². The minimum atomic E-state index is -0.739. The zero-order valence-corrected chi connectivity index (χ0v) is 13.1. The fraction of sp³-hybridized carbons (Fsp3) is 0.214. The van der Waals surface area contributed by atoms with Crippen LogP contribution < -0.4 is 15.9 Å². The molecular weight excluding hydrogens is 332 g/mol. The Morgan fingerprint density at radius 1 is 1.21 bits per heavy atom. The predicted octanol–water partition coefficient (Wildman–Crippen LogP) is -0.351. The molecule has 2 amide bonds. The van der Waals surface area contributed by atoms with Gasteiger partial charge in [-0.15, -0.1) is 16.9 Å². The first kappa shape index (κ1) is 14.8. The van der Waals surface area contributed by atoms with Crippen LogP contribution in [-0.2, 0) is 9.59 Å². The van der Waals surface area contributed by atoms with Crippen molar-refractivity contribution in [1.82, 2.24) is 25.5 Å². The Hall–Kier alpha value is -2.72. The summed E-state index contributed by atoms with van der Waals surface area (Å²) in [6.45, 7) is 0.335. The van der Waals surface area contributed by atoms with E-state index in [1.54, 1.807) is 5.01 Å². The van der Waals surface area contributed by atoms with Gasteiger partial charge in [-0.25, -0.2) is 5.01 Å². The van der Waals surface area contributed by atoms with Gasteiger partial charge in [-0.2, -0.15) is 10.1 Å². The molecule has 0 bridgehead atoms. The smallest absolute Gasteiger partial charge is 0.269 e. The van der Waals surface area contributed by atoms with Crippen LogP contribution in [-0.4, -0.2) is 45.2 Å². The van der Waals surface area contributed by atoms with E-state index in [0.717, 1.165) is 11.1 Å². The Balaban J connectivity index is 1.79. The first-order valence-corrected chi connectivity index (χ1v) is 8.04. The molecule has 24 heavy (non-hydrogen) atoms. The van der Waals surface area contributed by atoms with Gasteiger partial charge in [-0.05, 0) is 12.1 Å². The highest BCUT2D eigenvalue weighted by Gasteiger charge is 2.41. The third-order valence-corrected chi connectivity index (χ3v) is 4.94. The maximum absolute atomic E-state index is 13.0. The Morgan fingerprint density at radius 3 is 2.79 bits per heavy atom. The third kappa shape index (κ3) is 2.45. The van der Waals surface area contributed by atoms with E-state index in [2.05, 4.69) is 20.5 Å². The number of hydrogen-bond acceptors (Lipinski definition) is 7. The van der Waals surface area contributed by atoms with Gasteiger partial charge in [0.25, 0.3) is 11.5 Å². The molecule has 3 heterocycles. The second kappa shape index (κ2) is 5.73. The molecule has 10 heteroatoms. The standard InChI is InChI=1S/C14H12N6O3S/c21-10-5-16-18-13(17-10)12-14(23)20(19-6-11(22)15-7-19)8-3-1-2-4-9(8)24-12/h1-5,12H,6-7H2,(H,15,22)(H,17,18,21). The highest BCUT2D eigenvalue weighted by molar-refractivity contribution is 8.00. The summed E-state index contributed by atoms with van der Waals surface area (Å²) in [6, 6.07) is 7.39. The number of para-hydroxylation sites is 1. The number of rotatable bonds is 2. The molecule has 9 nitrogen and oxygen atoms in total. The molecule has 1 atom stereocenters. The van der Waals surface area contributed by atoms with Crippen molar-refractivity contribution in [2.45, 2.75) is 10.1 Å². The lowest BCUT2D eigenvalue weighted by Crippen LogP contribution is -2.49. The summed E-state index contributed by atoms with van der Waals surface area (Å²) < 4.78 is 0. The number of carbonyl (C=O) groups excluding carboxylic acids is 2. The van der Waals surface area contributed by atoms with Crippen LogP contribution in [0.1, 0.15) is 11.1 Å². The monoisotopic (exact) mass is 344 g/mol. The summed E-state index contributed by atoms with van der Waals surface area (Å²) in [5, 5.41) is 12.6. The molecular formula is C14H12N6O3S. The van der Waals surface area contributed by atoms with E-state index in [0.29, 0.717) is 5.69 Å². The minimum absolute atomic E-state index is 0.0917. The summed E-state index contributed by atoms with van der Waals surface area (Å²) in [5.74, 6) is -0.246. The highest BCUT2D eigenvalue weighted by atomic mass is 32.2. The molecule has 2 aromatic rings. The number of aromatic nitrogens is 3. The lowest BCUT2D eigenvalue weighted by atomic mass is 10.2. The summed E-state index contributed by atoms with van der Waals surface area (Å²) in [4.78, 5) is 39.5. The molecule has 0 spiro atoms. The lowest BCUT2D eigenvalue weighted by molar-refractivity contribution is -0.121. The number of hydrogen-bond donors (Lipinski definition) is 2. The summed E-state index contributed by atoms with van der Waals surface area (Å²) >= 11 is 1.29. The number of amides is 2. The van der Waals surface area contributed by atoms with Crippen molar-refractivity contribution in [3.8, 4) is 0 Å². The molecule has 1 aromatic carbocycles. The van der Waals surface area contributed by atoms with Crippen LogP contribution in [0.2, 0.25) is 0 Å². The molecule has 1 aromatic heterocycles. The van der Waals surface area contributed by atoms with Crippen molar-refractivity contribution in [2.24, 2.45) is 0 Å². The van der Waals surface area contributed by atoms with Gasteiger partial charge in [-0.1, -0.05) is 12.1 Å². The number of benzene rings is 1. The van der Waals surface area contributed by atoms with Crippen molar-refractivity contribution in [2.75, 3.05) is 18.2 Å². The Bertz CT molecular complexity index is 885. The molecule has 4 rings (SSSR count). The molecule has 2 aliphatic rings. The highest BCUT2D eigenvalue weighted by Crippen LogP contribution is 2.45. The number of carbonyl (C=O) groups is 2. The molecule has 122 valence electrons. The summed E-state index contributed by atoms with van der Waals surface area (Å²) in [5.41, 5.74) is 0.281. The second-order valence-corrected chi connectivity index (χ2v) is 6.40. The van der Waals surface area contributed by atoms with E-state index in [9.17, 15) is 14.4 Å². The van der Waals surface area contributed by atoms with Gasteiger partial charge in [-0.3, -0.25) is 14.4 Å². The number of H-pyrrole nitrogens is 1. The number of nitrogens with zero attached hydrogens (tertiary/aromatic N) is 4. The van der Waals surface area contributed by atoms with E-state index in [1.165, 1.54) is 16.8 Å². The average molecular weight is 344 g/mol. The molecule has 2 aliphatic heterocycles. The Labute approximate surface area is 140 Å². The molecule has 0 saturated carbocycles. The third-order valence-electron chi connectivity index (χ3n) is 3.68. The van der Waals surface area contributed by atoms with Gasteiger partial charge in [0.2, 0.25) is 5.91 Å². The van der Waals surface area contributed by atoms with Crippen LogP contribution in [0, 0.1) is 0 Å². The normalized spacial score (nSPS) is 20.8. The zero-order valence-electron chi connectivity index (χ0n) is 12.3. The van der Waals surface area contributed by atoms with Gasteiger partial charge < -0.3 is 10.3 Å². The Kier molecular flexibility index (Phi) is 3.54. The van der Waals surface area contributed by atoms with Gasteiger partial charge in [0.1, 0.15) is 11.4 Å². The quantitative estimate of drug-likeness (QED) is 0.766. The van der Waals surface area contributed by atoms with Gasteiger partial charge in [0, 0.05) is 4.90 Å². The van der Waals surface area contributed by atoms with E-state index in [1.807, 2.05) is 24.3 Å². The topological polar surface area (TPSA) is 111 Å². The van der Waals surface area contributed by atoms with Crippen molar-refractivity contribution in [1.29, 1.82) is 0 Å². The van der Waals surface area contributed by atoms with E-state index in [-0.39, 0.29) is 30.9 Å². The number of thioether (sulfide) groups is 1. The largest absolute Gasteiger partial charge is 0.340 e.